The van der Waals surface area contributed by atoms with Crippen LogP contribution in [0.2, 0.25) is 0 Å². The second-order valence-corrected chi connectivity index (χ2v) is 3.37. The van der Waals surface area contributed by atoms with Gasteiger partial charge in [-0.1, -0.05) is 6.07 Å². The smallest absolute Gasteiger partial charge is 0.416 e. The summed E-state index contributed by atoms with van der Waals surface area (Å²) in [6, 6.07) is 4.87. The third-order valence-corrected chi connectivity index (χ3v) is 2.03. The molecule has 1 aromatic carbocycles. The molecule has 5 heteroatoms. The van der Waals surface area contributed by atoms with Crippen LogP contribution in [-0.4, -0.2) is 13.2 Å². The Hall–Kier alpha value is -1.23. The molecule has 0 amide bonds. The van der Waals surface area contributed by atoms with E-state index in [1.165, 1.54) is 12.1 Å². The Bertz CT molecular complexity index is 325. The Labute approximate surface area is 92.2 Å². The molecule has 0 unspecified atom stereocenters. The van der Waals surface area contributed by atoms with Crippen LogP contribution in [0.4, 0.5) is 13.2 Å². The van der Waals surface area contributed by atoms with Gasteiger partial charge < -0.3 is 10.5 Å². The SMILES string of the molecule is NCCCCOc1cccc(C(F)(F)F)c1. The van der Waals surface area contributed by atoms with E-state index in [2.05, 4.69) is 0 Å². The van der Waals surface area contributed by atoms with Crippen molar-refractivity contribution in [2.24, 2.45) is 5.73 Å². The Morgan fingerprint density at radius 3 is 2.56 bits per heavy atom. The number of nitrogens with two attached hydrogens (primary N) is 1. The van der Waals surface area contributed by atoms with Gasteiger partial charge in [-0.05, 0) is 37.6 Å². The number of unbranched alkanes of at least 4 members (excludes halogenated alkanes) is 1. The molecular formula is C11H14F3NO. The van der Waals surface area contributed by atoms with E-state index in [1.807, 2.05) is 0 Å². The van der Waals surface area contributed by atoms with Crippen molar-refractivity contribution < 1.29 is 17.9 Å². The lowest BCUT2D eigenvalue weighted by molar-refractivity contribution is -0.137. The average Bonchev–Trinajstić information content (AvgIpc) is 2.24. The molecule has 90 valence electrons. The largest absolute Gasteiger partial charge is 0.494 e. The number of rotatable bonds is 5. The standard InChI is InChI=1S/C11H14F3NO/c12-11(13,14)9-4-3-5-10(8-9)16-7-2-1-6-15/h3-5,8H,1-2,6-7,15H2. The highest BCUT2D eigenvalue weighted by Gasteiger charge is 2.30. The molecule has 0 aromatic heterocycles. The van der Waals surface area contributed by atoms with Crippen LogP contribution in [0.1, 0.15) is 18.4 Å². The maximum Gasteiger partial charge on any atom is 0.416 e. The summed E-state index contributed by atoms with van der Waals surface area (Å²) in [5.74, 6) is 0.242. The number of hydrogen-bond acceptors (Lipinski definition) is 2. The van der Waals surface area contributed by atoms with Crippen LogP contribution in [-0.2, 0) is 6.18 Å². The molecule has 2 N–H and O–H groups in total. The lowest BCUT2D eigenvalue weighted by Crippen LogP contribution is -2.06. The molecule has 1 aromatic rings. The molecule has 0 radical (unpaired) electrons. The van der Waals surface area contributed by atoms with E-state index in [0.29, 0.717) is 13.2 Å². The van der Waals surface area contributed by atoms with Gasteiger partial charge in [0.05, 0.1) is 12.2 Å². The monoisotopic (exact) mass is 233 g/mol. The van der Waals surface area contributed by atoms with Crippen molar-refractivity contribution in [3.05, 3.63) is 29.8 Å². The quantitative estimate of drug-likeness (QED) is 0.794. The molecule has 2 nitrogen and oxygen atoms in total. The highest BCUT2D eigenvalue weighted by molar-refractivity contribution is 5.30. The fourth-order valence-corrected chi connectivity index (χ4v) is 1.20. The zero-order valence-electron chi connectivity index (χ0n) is 8.76. The van der Waals surface area contributed by atoms with Crippen LogP contribution in [0.15, 0.2) is 24.3 Å². The van der Waals surface area contributed by atoms with Gasteiger partial charge in [0, 0.05) is 0 Å². The molecule has 0 heterocycles. The van der Waals surface area contributed by atoms with E-state index >= 15 is 0 Å². The van der Waals surface area contributed by atoms with E-state index in [9.17, 15) is 13.2 Å². The summed E-state index contributed by atoms with van der Waals surface area (Å²) < 4.78 is 42.2. The molecule has 1 rings (SSSR count). The van der Waals surface area contributed by atoms with Crippen molar-refractivity contribution in [1.82, 2.24) is 0 Å². The summed E-state index contributed by atoms with van der Waals surface area (Å²) in [6.45, 7) is 0.949. The summed E-state index contributed by atoms with van der Waals surface area (Å²) in [4.78, 5) is 0. The van der Waals surface area contributed by atoms with Gasteiger partial charge in [0.15, 0.2) is 0 Å². The van der Waals surface area contributed by atoms with Crippen LogP contribution in [0.25, 0.3) is 0 Å². The van der Waals surface area contributed by atoms with Crippen LogP contribution < -0.4 is 10.5 Å². The highest BCUT2D eigenvalue weighted by atomic mass is 19.4. The van der Waals surface area contributed by atoms with E-state index < -0.39 is 11.7 Å². The predicted molar refractivity (Wildman–Crippen MR) is 55.2 cm³/mol. The van der Waals surface area contributed by atoms with Crippen molar-refractivity contribution in [3.63, 3.8) is 0 Å². The summed E-state index contributed by atoms with van der Waals surface area (Å²) in [7, 11) is 0. The van der Waals surface area contributed by atoms with Crippen molar-refractivity contribution in [3.8, 4) is 5.75 Å². The Kier molecular flexibility index (Phi) is 4.61. The normalized spacial score (nSPS) is 11.5. The van der Waals surface area contributed by atoms with E-state index in [-0.39, 0.29) is 5.75 Å². The van der Waals surface area contributed by atoms with Crippen LogP contribution in [0.3, 0.4) is 0 Å². The molecule has 16 heavy (non-hydrogen) atoms. The van der Waals surface area contributed by atoms with Gasteiger partial charge in [-0.25, -0.2) is 0 Å². The third-order valence-electron chi connectivity index (χ3n) is 2.03. The molecule has 0 bridgehead atoms. The summed E-state index contributed by atoms with van der Waals surface area (Å²) >= 11 is 0. The maximum atomic E-state index is 12.3. The second-order valence-electron chi connectivity index (χ2n) is 3.37. The van der Waals surface area contributed by atoms with Gasteiger partial charge in [0.2, 0.25) is 0 Å². The van der Waals surface area contributed by atoms with E-state index in [1.54, 1.807) is 0 Å². The zero-order valence-corrected chi connectivity index (χ0v) is 8.76. The number of ether oxygens (including phenoxy) is 1. The molecule has 0 aliphatic heterocycles. The first-order valence-electron chi connectivity index (χ1n) is 5.04. The molecular weight excluding hydrogens is 219 g/mol. The Morgan fingerprint density at radius 1 is 1.19 bits per heavy atom. The third kappa shape index (κ3) is 4.10. The first-order valence-corrected chi connectivity index (χ1v) is 5.04. The van der Waals surface area contributed by atoms with Gasteiger partial charge >= 0.3 is 6.18 Å². The molecule has 0 saturated carbocycles. The van der Waals surface area contributed by atoms with Gasteiger partial charge in [-0.15, -0.1) is 0 Å². The van der Waals surface area contributed by atoms with Crippen molar-refractivity contribution >= 4 is 0 Å². The molecule has 0 aliphatic rings. The molecule has 0 aliphatic carbocycles. The van der Waals surface area contributed by atoms with Crippen LogP contribution in [0.5, 0.6) is 5.75 Å². The predicted octanol–water partition coefficient (Wildman–Crippen LogP) is 2.82. The Morgan fingerprint density at radius 2 is 1.94 bits per heavy atom. The maximum absolute atomic E-state index is 12.3. The topological polar surface area (TPSA) is 35.2 Å². The number of hydrogen-bond donors (Lipinski definition) is 1. The molecule has 0 fully saturated rings. The summed E-state index contributed by atoms with van der Waals surface area (Å²) in [5.41, 5.74) is 4.59. The lowest BCUT2D eigenvalue weighted by atomic mass is 10.2. The minimum absolute atomic E-state index is 0.242. The van der Waals surface area contributed by atoms with Crippen molar-refractivity contribution in [1.29, 1.82) is 0 Å². The molecule has 0 atom stereocenters. The fraction of sp³-hybridized carbons (Fsp3) is 0.455. The van der Waals surface area contributed by atoms with Crippen LogP contribution >= 0.6 is 0 Å². The van der Waals surface area contributed by atoms with Crippen molar-refractivity contribution in [2.75, 3.05) is 13.2 Å². The summed E-state index contributed by atoms with van der Waals surface area (Å²) in [6.07, 6.45) is -2.78. The number of benzene rings is 1. The van der Waals surface area contributed by atoms with E-state index in [4.69, 9.17) is 10.5 Å². The Balaban J connectivity index is 2.54. The zero-order chi connectivity index (χ0) is 12.0. The minimum atomic E-state index is -4.32. The lowest BCUT2D eigenvalue weighted by Gasteiger charge is -2.09. The first-order chi connectivity index (χ1) is 7.54. The molecule has 0 saturated heterocycles. The fourth-order valence-electron chi connectivity index (χ4n) is 1.20. The first kappa shape index (κ1) is 12.8. The van der Waals surface area contributed by atoms with Crippen LogP contribution in [0, 0.1) is 0 Å². The average molecular weight is 233 g/mol. The highest BCUT2D eigenvalue weighted by Crippen LogP contribution is 2.31. The molecule has 0 spiro atoms. The van der Waals surface area contributed by atoms with Gasteiger partial charge in [0.1, 0.15) is 5.75 Å². The van der Waals surface area contributed by atoms with Gasteiger partial charge in [-0.2, -0.15) is 13.2 Å². The van der Waals surface area contributed by atoms with E-state index in [0.717, 1.165) is 25.0 Å². The van der Waals surface area contributed by atoms with Crippen molar-refractivity contribution in [2.45, 2.75) is 19.0 Å². The van der Waals surface area contributed by atoms with Gasteiger partial charge in [0.25, 0.3) is 0 Å². The minimum Gasteiger partial charge on any atom is -0.494 e. The van der Waals surface area contributed by atoms with Gasteiger partial charge in [-0.3, -0.25) is 0 Å². The summed E-state index contributed by atoms with van der Waals surface area (Å²) in [5, 5.41) is 0. The number of halogens is 3. The second kappa shape index (κ2) is 5.75. The number of alkyl halides is 3.